The van der Waals surface area contributed by atoms with Crippen molar-refractivity contribution in [2.24, 2.45) is 34.8 Å². The van der Waals surface area contributed by atoms with Crippen molar-refractivity contribution in [3.05, 3.63) is 144 Å². The smallest absolute Gasteiger partial charge is 0.326 e. The summed E-state index contributed by atoms with van der Waals surface area (Å²) in [6.45, 7) is 8.92. The van der Waals surface area contributed by atoms with Crippen molar-refractivity contribution in [2.45, 2.75) is 172 Å². The van der Waals surface area contributed by atoms with Gasteiger partial charge in [-0.3, -0.25) is 58.8 Å². The third kappa shape index (κ3) is 24.1. The van der Waals surface area contributed by atoms with Gasteiger partial charge in [0.05, 0.1) is 6.04 Å². The fourth-order valence-electron chi connectivity index (χ4n) is 12.9. The van der Waals surface area contributed by atoms with Crippen LogP contribution in [0.3, 0.4) is 0 Å². The minimum absolute atomic E-state index is 0.00314. The monoisotopic (exact) mass is 1500 g/mol. The first-order chi connectivity index (χ1) is 52.0. The minimum atomic E-state index is -1.47. The van der Waals surface area contributed by atoms with E-state index in [4.69, 9.17) is 33.8 Å². The van der Waals surface area contributed by atoms with Gasteiger partial charge in [0.2, 0.25) is 59.1 Å². The molecule has 4 heterocycles. The molecule has 33 heteroatoms. The summed E-state index contributed by atoms with van der Waals surface area (Å²) in [5.74, 6) is -10.8. The Labute approximate surface area is 629 Å². The molecule has 4 aromatic heterocycles. The quantitative estimate of drug-likeness (QED) is 0.0147. The number of hydrogen-bond donors (Lipinski definition) is 22. The first-order valence-corrected chi connectivity index (χ1v) is 36.4. The number of rotatable bonds is 42. The van der Waals surface area contributed by atoms with Gasteiger partial charge in [0.1, 0.15) is 54.4 Å². The summed E-state index contributed by atoms with van der Waals surface area (Å²) in [5.41, 5.74) is 27.8. The van der Waals surface area contributed by atoms with Crippen LogP contribution in [0.15, 0.2) is 122 Å². The predicted molar refractivity (Wildman–Crippen MR) is 412 cm³/mol. The lowest BCUT2D eigenvalue weighted by molar-refractivity contribution is -0.142. The van der Waals surface area contributed by atoms with E-state index in [0.717, 1.165) is 32.7 Å². The summed E-state index contributed by atoms with van der Waals surface area (Å²) >= 11 is 0. The highest BCUT2D eigenvalue weighted by Crippen LogP contribution is 2.25. The van der Waals surface area contributed by atoms with Gasteiger partial charge in [0, 0.05) is 114 Å². The van der Waals surface area contributed by atoms with Crippen LogP contribution in [-0.2, 0) is 78.4 Å². The van der Waals surface area contributed by atoms with Gasteiger partial charge in [-0.15, -0.1) is 0 Å². The molecule has 8 aromatic rings. The number of carboxylic acids is 1. The maximum Gasteiger partial charge on any atom is 0.326 e. The van der Waals surface area contributed by atoms with Crippen LogP contribution in [-0.4, -0.2) is 176 Å². The van der Waals surface area contributed by atoms with E-state index in [1.807, 2.05) is 107 Å². The predicted octanol–water partition coefficient (Wildman–Crippen LogP) is 1.56. The van der Waals surface area contributed by atoms with E-state index >= 15 is 19.2 Å². The van der Waals surface area contributed by atoms with E-state index < -0.39 is 125 Å². The summed E-state index contributed by atoms with van der Waals surface area (Å²) in [4.78, 5) is 170. The summed E-state index contributed by atoms with van der Waals surface area (Å²) in [6, 6.07) is 15.3. The average Bonchev–Trinajstić information content (AvgIpc) is 1.73. The van der Waals surface area contributed by atoms with Crippen LogP contribution in [0.5, 0.6) is 0 Å². The third-order valence-electron chi connectivity index (χ3n) is 18.6. The largest absolute Gasteiger partial charge is 0.480 e. The van der Waals surface area contributed by atoms with Gasteiger partial charge >= 0.3 is 5.97 Å². The van der Waals surface area contributed by atoms with Crippen LogP contribution in [0.1, 0.15) is 108 Å². The second kappa shape index (κ2) is 39.3. The molecule has 0 bridgehead atoms. The van der Waals surface area contributed by atoms with Crippen LogP contribution in [0.2, 0.25) is 0 Å². The standard InChI is InChI=1S/C76H101N21O12/c1-40(2)30-58(93-71(105)60(32-43-36-85-52-21-10-6-16-47(43)52)92-65(99)42(5)89-67(101)56(25-15-29-84-76(81)82)91-68(102)57(26-27-64(78)98)90-66(100)51(77)20-14-28-83-75(79)80)69(103)95-61(33-44-37-86-53-22-11-7-17-48(44)53)72(106)94-59(31-41(3)4)70(104)96-62(34-45-38-87-54-23-12-8-18-49(45)54)73(107)97-63(74(108)109)35-46-39-88-55-24-13-9-19-50(46)55/h6-13,16-19,21-24,36-42,51,56-63,85-88H,14-15,20,25-35,77H2,1-5H3,(H2,78,98)(H,89,101)(H,90,100)(H,91,102)(H,92,99)(H,93,105)(H,94,106)(H,95,103)(H,96,104)(H,97,107)(H,108,109)(H4,79,80,83)(H4,81,82,84)/t42-,51+,56+,57-,58-,59-,60+,61+,62+,63-/m0/s1. The summed E-state index contributed by atoms with van der Waals surface area (Å²) in [6.07, 6.45) is 6.04. The zero-order valence-corrected chi connectivity index (χ0v) is 61.6. The number of aromatic nitrogens is 4. The van der Waals surface area contributed by atoms with E-state index in [1.165, 1.54) is 6.92 Å². The number of nitrogens with two attached hydrogens (primary N) is 4. The van der Waals surface area contributed by atoms with Gasteiger partial charge in [-0.05, 0) is 110 Å². The molecule has 0 aliphatic heterocycles. The maximum absolute atomic E-state index is 15.3. The summed E-state index contributed by atoms with van der Waals surface area (Å²) in [7, 11) is 0. The molecular weight excluding hydrogens is 1400 g/mol. The van der Waals surface area contributed by atoms with Crippen molar-refractivity contribution in [2.75, 3.05) is 13.1 Å². The number of aliphatic carboxylic acids is 1. The number of nitrogens with one attached hydrogen (secondary N) is 17. The van der Waals surface area contributed by atoms with E-state index in [-0.39, 0.29) is 107 Å². The zero-order valence-electron chi connectivity index (χ0n) is 61.6. The Hall–Kier alpha value is -12.3. The number of benzene rings is 4. The molecule has 33 nitrogen and oxygen atoms in total. The van der Waals surface area contributed by atoms with Crippen molar-refractivity contribution in [1.29, 1.82) is 10.8 Å². The Morgan fingerprint density at radius 2 is 0.670 bits per heavy atom. The van der Waals surface area contributed by atoms with Gasteiger partial charge in [0.25, 0.3) is 0 Å². The van der Waals surface area contributed by atoms with Crippen LogP contribution < -0.4 is 81.4 Å². The number of fused-ring (bicyclic) bond motifs is 4. The molecule has 0 radical (unpaired) electrons. The summed E-state index contributed by atoms with van der Waals surface area (Å²) in [5, 5.41) is 58.4. The highest BCUT2D eigenvalue weighted by Gasteiger charge is 2.37. The first-order valence-electron chi connectivity index (χ1n) is 36.4. The fraction of sp³-hybridized carbons (Fsp3) is 0.408. The number of aromatic amines is 4. The highest BCUT2D eigenvalue weighted by atomic mass is 16.4. The molecule has 26 N–H and O–H groups in total. The van der Waals surface area contributed by atoms with Crippen molar-refractivity contribution >= 4 is 121 Å². The number of primary amides is 1. The van der Waals surface area contributed by atoms with Gasteiger partial charge < -0.3 is 106 Å². The van der Waals surface area contributed by atoms with Crippen LogP contribution in [0, 0.1) is 22.7 Å². The maximum atomic E-state index is 15.3. The van der Waals surface area contributed by atoms with E-state index in [1.54, 1.807) is 43.0 Å². The number of carbonyl (C=O) groups excluding carboxylic acids is 10. The molecule has 0 fully saturated rings. The molecule has 0 aliphatic rings. The topological polar surface area (TPSA) is 555 Å². The van der Waals surface area contributed by atoms with Gasteiger partial charge in [-0.25, -0.2) is 4.79 Å². The summed E-state index contributed by atoms with van der Waals surface area (Å²) < 4.78 is 0. The van der Waals surface area contributed by atoms with Gasteiger partial charge in [-0.1, -0.05) is 100 Å². The lowest BCUT2D eigenvalue weighted by atomic mass is 9.98. The molecule has 8 rings (SSSR count). The van der Waals surface area contributed by atoms with Crippen molar-refractivity contribution in [3.8, 4) is 0 Å². The molecule has 0 spiro atoms. The van der Waals surface area contributed by atoms with Crippen LogP contribution in [0.25, 0.3) is 43.6 Å². The molecule has 0 aliphatic carbocycles. The van der Waals surface area contributed by atoms with E-state index in [9.17, 15) is 38.7 Å². The Morgan fingerprint density at radius 1 is 0.376 bits per heavy atom. The number of hydrogen-bond acceptors (Lipinski definition) is 14. The Balaban J connectivity index is 1.03. The molecule has 582 valence electrons. The number of guanidine groups is 2. The SMILES string of the molecule is CC(C)C[C@H](NC(=O)[C@@H](Cc1c[nH]c2ccccc12)NC(=O)[C@H](C)NC(=O)[C@@H](CCCNC(=N)N)NC(=O)[C@H](CCC(N)=O)NC(=O)[C@H](N)CCCNC(=N)N)C(=O)N[C@H](Cc1c[nH]c2ccccc12)C(=O)N[C@@H](CC(C)C)C(=O)N[C@H](Cc1c[nH]c2ccccc12)C(=O)N[C@@H](Cc1c[nH]c2ccccc12)C(=O)O. The molecule has 0 saturated carbocycles. The molecular formula is C76H101N21O12. The second-order valence-electron chi connectivity index (χ2n) is 28.1. The minimum Gasteiger partial charge on any atom is -0.480 e. The van der Waals surface area contributed by atoms with Gasteiger partial charge in [0.15, 0.2) is 11.9 Å². The Kier molecular flexibility index (Phi) is 29.7. The van der Waals surface area contributed by atoms with Crippen molar-refractivity contribution in [3.63, 3.8) is 0 Å². The van der Waals surface area contributed by atoms with E-state index in [2.05, 4.69) is 78.4 Å². The zero-order chi connectivity index (χ0) is 79.0. The molecule has 0 saturated heterocycles. The van der Waals surface area contributed by atoms with E-state index in [0.29, 0.717) is 39.6 Å². The first kappa shape index (κ1) is 82.4. The van der Waals surface area contributed by atoms with Gasteiger partial charge in [-0.2, -0.15) is 0 Å². The third-order valence-corrected chi connectivity index (χ3v) is 18.6. The average molecular weight is 1500 g/mol. The number of amides is 10. The Bertz CT molecular complexity index is 4560. The molecule has 10 amide bonds. The highest BCUT2D eigenvalue weighted by molar-refractivity contribution is 6.00. The normalized spacial score (nSPS) is 14.2. The second-order valence-corrected chi connectivity index (χ2v) is 28.1. The lowest BCUT2D eigenvalue weighted by Gasteiger charge is -2.29. The van der Waals surface area contributed by atoms with Crippen LogP contribution >= 0.6 is 0 Å². The number of H-pyrrole nitrogens is 4. The van der Waals surface area contributed by atoms with Crippen molar-refractivity contribution < 1.29 is 57.8 Å². The van der Waals surface area contributed by atoms with Crippen molar-refractivity contribution in [1.82, 2.24) is 78.4 Å². The number of carboxylic acid groups (broad SMARTS) is 1. The lowest BCUT2D eigenvalue weighted by Crippen LogP contribution is -2.61. The van der Waals surface area contributed by atoms with Crippen LogP contribution in [0.4, 0.5) is 0 Å². The molecule has 109 heavy (non-hydrogen) atoms. The number of para-hydroxylation sites is 4. The molecule has 4 aromatic carbocycles. The Morgan fingerprint density at radius 3 is 1.04 bits per heavy atom. The number of carbonyl (C=O) groups is 11. The molecule has 0 unspecified atom stereocenters. The fourth-order valence-corrected chi connectivity index (χ4v) is 12.9. The molecule has 10 atom stereocenters.